The number of fused-ring (bicyclic) bond motifs is 3. The fourth-order valence-electron chi connectivity index (χ4n) is 2.84. The first kappa shape index (κ1) is 9.54. The molecular formula is C10H13NO3S. The zero-order chi connectivity index (χ0) is 10.7. The van der Waals surface area contributed by atoms with Crippen LogP contribution in [0.2, 0.25) is 0 Å². The number of thioether (sulfide) groups is 1. The van der Waals surface area contributed by atoms with E-state index in [1.165, 1.54) is 0 Å². The Balaban J connectivity index is 2.03. The highest BCUT2D eigenvalue weighted by Crippen LogP contribution is 2.52. The number of rotatable bonds is 2. The molecule has 3 rings (SSSR count). The molecule has 4 nitrogen and oxygen atoms in total. The molecule has 0 amide bonds. The van der Waals surface area contributed by atoms with Gasteiger partial charge in [0.05, 0.1) is 0 Å². The van der Waals surface area contributed by atoms with Crippen LogP contribution >= 0.6 is 11.8 Å². The summed E-state index contributed by atoms with van der Waals surface area (Å²) in [6, 6.07) is 0.349. The van der Waals surface area contributed by atoms with Gasteiger partial charge in [0.2, 0.25) is 0 Å². The summed E-state index contributed by atoms with van der Waals surface area (Å²) >= 11 is 1.56. The molecule has 0 saturated carbocycles. The lowest BCUT2D eigenvalue weighted by molar-refractivity contribution is -0.134. The van der Waals surface area contributed by atoms with E-state index in [9.17, 15) is 9.90 Å². The maximum atomic E-state index is 11.3. The third-order valence-electron chi connectivity index (χ3n) is 3.57. The predicted molar refractivity (Wildman–Crippen MR) is 56.2 cm³/mol. The molecule has 3 aliphatic heterocycles. The summed E-state index contributed by atoms with van der Waals surface area (Å²) in [5.74, 6) is -0.479. The molecule has 2 fully saturated rings. The maximum Gasteiger partial charge on any atom is 0.353 e. The normalized spacial score (nSPS) is 41.9. The summed E-state index contributed by atoms with van der Waals surface area (Å²) in [5.41, 5.74) is 0.477. The fourth-order valence-corrected chi connectivity index (χ4v) is 3.76. The Morgan fingerprint density at radius 3 is 3.00 bits per heavy atom. The van der Waals surface area contributed by atoms with Crippen LogP contribution in [0.4, 0.5) is 0 Å². The van der Waals surface area contributed by atoms with Crippen LogP contribution in [0.25, 0.3) is 0 Å². The molecule has 2 saturated heterocycles. The standard InChI is InChI=1S/C10H13NO3S/c1-4-5-3-6-9(14-6)11(5)7(10(12)13)8(4)15-2/h4-6,9H,3H2,1-2H3,(H,12,13). The minimum atomic E-state index is -0.815. The lowest BCUT2D eigenvalue weighted by atomic mass is 10.0. The average Bonchev–Trinajstić information content (AvgIpc) is 2.77. The van der Waals surface area contributed by atoms with Gasteiger partial charge in [-0.2, -0.15) is 0 Å². The number of nitrogens with zero attached hydrogens (tertiary/aromatic N) is 1. The molecule has 1 N–H and O–H groups in total. The maximum absolute atomic E-state index is 11.3. The van der Waals surface area contributed by atoms with E-state index >= 15 is 0 Å². The molecule has 0 aromatic carbocycles. The molecule has 0 radical (unpaired) electrons. The average molecular weight is 227 g/mol. The van der Waals surface area contributed by atoms with Crippen molar-refractivity contribution in [2.24, 2.45) is 5.92 Å². The zero-order valence-corrected chi connectivity index (χ0v) is 9.45. The van der Waals surface area contributed by atoms with Crippen LogP contribution in [-0.4, -0.2) is 40.6 Å². The van der Waals surface area contributed by atoms with Crippen molar-refractivity contribution in [1.29, 1.82) is 0 Å². The highest BCUT2D eigenvalue weighted by Gasteiger charge is 2.60. The largest absolute Gasteiger partial charge is 0.477 e. The third-order valence-corrected chi connectivity index (χ3v) is 4.57. The first-order valence-electron chi connectivity index (χ1n) is 5.10. The quantitative estimate of drug-likeness (QED) is 0.716. The summed E-state index contributed by atoms with van der Waals surface area (Å²) in [4.78, 5) is 14.2. The second kappa shape index (κ2) is 2.92. The smallest absolute Gasteiger partial charge is 0.353 e. The highest BCUT2D eigenvalue weighted by molar-refractivity contribution is 8.02. The van der Waals surface area contributed by atoms with Crippen molar-refractivity contribution in [3.8, 4) is 0 Å². The van der Waals surface area contributed by atoms with Crippen LogP contribution in [0.1, 0.15) is 13.3 Å². The van der Waals surface area contributed by atoms with Crippen LogP contribution in [0.15, 0.2) is 10.6 Å². The SMILES string of the molecule is CSC1=C(C(=O)O)N2C(CC3OC32)C1C. The summed E-state index contributed by atoms with van der Waals surface area (Å²) in [6.45, 7) is 2.12. The van der Waals surface area contributed by atoms with Gasteiger partial charge in [-0.05, 0) is 12.7 Å². The first-order chi connectivity index (χ1) is 7.15. The number of carbonyl (C=O) groups is 1. The van der Waals surface area contributed by atoms with E-state index in [4.69, 9.17) is 4.74 Å². The lowest BCUT2D eigenvalue weighted by Gasteiger charge is -2.23. The number of hydrogen-bond acceptors (Lipinski definition) is 4. The van der Waals surface area contributed by atoms with Gasteiger partial charge in [-0.15, -0.1) is 11.8 Å². The Hall–Kier alpha value is -0.680. The Kier molecular flexibility index (Phi) is 1.86. The van der Waals surface area contributed by atoms with E-state index < -0.39 is 5.97 Å². The van der Waals surface area contributed by atoms with Crippen LogP contribution < -0.4 is 0 Å². The summed E-state index contributed by atoms with van der Waals surface area (Å²) < 4.78 is 5.41. The zero-order valence-electron chi connectivity index (χ0n) is 8.64. The van der Waals surface area contributed by atoms with Crippen LogP contribution in [0.3, 0.4) is 0 Å². The fraction of sp³-hybridized carbons (Fsp3) is 0.700. The van der Waals surface area contributed by atoms with E-state index in [1.807, 2.05) is 11.2 Å². The monoisotopic (exact) mass is 227 g/mol. The van der Waals surface area contributed by atoms with Crippen molar-refractivity contribution >= 4 is 17.7 Å². The lowest BCUT2D eigenvalue weighted by Crippen LogP contribution is -2.33. The van der Waals surface area contributed by atoms with Gasteiger partial charge in [-0.25, -0.2) is 4.79 Å². The molecule has 0 aromatic heterocycles. The van der Waals surface area contributed by atoms with Crippen LogP contribution in [0, 0.1) is 5.92 Å². The second-order valence-corrected chi connectivity index (χ2v) is 5.13. The van der Waals surface area contributed by atoms with E-state index in [2.05, 4.69) is 6.92 Å². The molecule has 15 heavy (non-hydrogen) atoms. The molecule has 0 aliphatic carbocycles. The molecule has 4 atom stereocenters. The summed E-state index contributed by atoms with van der Waals surface area (Å²) in [5, 5.41) is 9.25. The molecule has 0 bridgehead atoms. The van der Waals surface area contributed by atoms with E-state index in [0.29, 0.717) is 17.7 Å². The van der Waals surface area contributed by atoms with Crippen LogP contribution in [-0.2, 0) is 9.53 Å². The third kappa shape index (κ3) is 1.10. The number of hydrogen-bond donors (Lipinski definition) is 1. The minimum absolute atomic E-state index is 0.0493. The van der Waals surface area contributed by atoms with Crippen molar-refractivity contribution in [3.63, 3.8) is 0 Å². The van der Waals surface area contributed by atoms with E-state index in [1.54, 1.807) is 11.8 Å². The Bertz CT molecular complexity index is 368. The Labute approximate surface area is 92.3 Å². The van der Waals surface area contributed by atoms with Crippen molar-refractivity contribution in [3.05, 3.63) is 10.6 Å². The molecule has 82 valence electrons. The second-order valence-electron chi connectivity index (χ2n) is 4.29. The highest BCUT2D eigenvalue weighted by atomic mass is 32.2. The Morgan fingerprint density at radius 1 is 1.67 bits per heavy atom. The number of carboxylic acid groups (broad SMARTS) is 1. The molecule has 3 aliphatic rings. The van der Waals surface area contributed by atoms with Gasteiger partial charge in [0.1, 0.15) is 11.8 Å². The van der Waals surface area contributed by atoms with E-state index in [-0.39, 0.29) is 12.3 Å². The molecule has 4 unspecified atom stereocenters. The molecule has 0 spiro atoms. The molecule has 3 heterocycles. The van der Waals surface area contributed by atoms with Crippen molar-refractivity contribution in [2.45, 2.75) is 31.7 Å². The number of ether oxygens (including phenoxy) is 1. The Morgan fingerprint density at radius 2 is 2.40 bits per heavy atom. The molecule has 5 heteroatoms. The van der Waals surface area contributed by atoms with Crippen molar-refractivity contribution in [1.82, 2.24) is 4.90 Å². The van der Waals surface area contributed by atoms with Gasteiger partial charge in [-0.3, -0.25) is 0 Å². The first-order valence-corrected chi connectivity index (χ1v) is 6.33. The topological polar surface area (TPSA) is 53.1 Å². The van der Waals surface area contributed by atoms with Gasteiger partial charge < -0.3 is 14.7 Å². The summed E-state index contributed by atoms with van der Waals surface area (Å²) in [6.07, 6.45) is 3.26. The van der Waals surface area contributed by atoms with Gasteiger partial charge in [-0.1, -0.05) is 6.92 Å². The summed E-state index contributed by atoms with van der Waals surface area (Å²) in [7, 11) is 0. The van der Waals surface area contributed by atoms with Crippen molar-refractivity contribution < 1.29 is 14.6 Å². The molecule has 0 aromatic rings. The number of epoxide rings is 1. The van der Waals surface area contributed by atoms with Gasteiger partial charge in [0, 0.05) is 16.9 Å². The molecular weight excluding hydrogens is 214 g/mol. The van der Waals surface area contributed by atoms with E-state index in [0.717, 1.165) is 11.3 Å². The minimum Gasteiger partial charge on any atom is -0.477 e. The van der Waals surface area contributed by atoms with Gasteiger partial charge >= 0.3 is 5.97 Å². The van der Waals surface area contributed by atoms with Gasteiger partial charge in [0.15, 0.2) is 6.23 Å². The number of aliphatic carboxylic acids is 1. The van der Waals surface area contributed by atoms with Crippen LogP contribution in [0.5, 0.6) is 0 Å². The van der Waals surface area contributed by atoms with Gasteiger partial charge in [0.25, 0.3) is 0 Å². The predicted octanol–water partition coefficient (Wildman–Crippen LogP) is 1.09. The van der Waals surface area contributed by atoms with Crippen molar-refractivity contribution in [2.75, 3.05) is 6.26 Å². The number of carboxylic acids is 1.